The first-order valence-electron chi connectivity index (χ1n) is 5.66. The van der Waals surface area contributed by atoms with E-state index in [0.717, 1.165) is 18.6 Å². The molecule has 3 heteroatoms. The molecule has 0 heterocycles. The van der Waals surface area contributed by atoms with Crippen LogP contribution in [-0.4, -0.2) is 6.10 Å². The molecule has 84 valence electrons. The molecule has 0 atom stereocenters. The maximum absolute atomic E-state index is 8.86. The van der Waals surface area contributed by atoms with Gasteiger partial charge in [0.05, 0.1) is 16.7 Å². The molecule has 1 aromatic rings. The van der Waals surface area contributed by atoms with E-state index in [1.165, 1.54) is 19.3 Å². The topological polar surface area (TPSA) is 33.0 Å². The summed E-state index contributed by atoms with van der Waals surface area (Å²) in [6.45, 7) is 0. The van der Waals surface area contributed by atoms with Crippen LogP contribution in [0.25, 0.3) is 0 Å². The van der Waals surface area contributed by atoms with Gasteiger partial charge >= 0.3 is 0 Å². The molecule has 0 amide bonds. The number of hydrogen-bond acceptors (Lipinski definition) is 2. The Kier molecular flexibility index (Phi) is 3.69. The molecule has 0 radical (unpaired) electrons. The summed E-state index contributed by atoms with van der Waals surface area (Å²) in [5.74, 6) is 0.757. The maximum atomic E-state index is 8.86. The van der Waals surface area contributed by atoms with Crippen molar-refractivity contribution >= 4 is 11.6 Å². The third-order valence-corrected chi connectivity index (χ3v) is 3.24. The summed E-state index contributed by atoms with van der Waals surface area (Å²) in [5, 5.41) is 9.34. The summed E-state index contributed by atoms with van der Waals surface area (Å²) < 4.78 is 5.84. The minimum atomic E-state index is 0.307. The van der Waals surface area contributed by atoms with Gasteiger partial charge in [-0.05, 0) is 43.9 Å². The number of benzene rings is 1. The summed E-state index contributed by atoms with van der Waals surface area (Å²) in [5.41, 5.74) is 0.481. The van der Waals surface area contributed by atoms with Crippen LogP contribution in [-0.2, 0) is 0 Å². The predicted octanol–water partition coefficient (Wildman–Crippen LogP) is 3.92. The van der Waals surface area contributed by atoms with Gasteiger partial charge in [-0.1, -0.05) is 18.0 Å². The van der Waals surface area contributed by atoms with E-state index in [0.29, 0.717) is 16.7 Å². The Morgan fingerprint density at radius 1 is 1.25 bits per heavy atom. The monoisotopic (exact) mass is 235 g/mol. The molecule has 1 fully saturated rings. The quantitative estimate of drug-likeness (QED) is 0.778. The predicted molar refractivity (Wildman–Crippen MR) is 63.7 cm³/mol. The van der Waals surface area contributed by atoms with Gasteiger partial charge in [0, 0.05) is 0 Å². The zero-order chi connectivity index (χ0) is 11.4. The van der Waals surface area contributed by atoms with Crippen LogP contribution in [0.2, 0.25) is 5.02 Å². The van der Waals surface area contributed by atoms with Crippen molar-refractivity contribution in [3.8, 4) is 11.8 Å². The van der Waals surface area contributed by atoms with Gasteiger partial charge in [-0.25, -0.2) is 0 Å². The number of nitrogens with zero attached hydrogens (tertiary/aromatic N) is 1. The van der Waals surface area contributed by atoms with Gasteiger partial charge in [0.15, 0.2) is 0 Å². The van der Waals surface area contributed by atoms with Crippen molar-refractivity contribution in [3.63, 3.8) is 0 Å². The summed E-state index contributed by atoms with van der Waals surface area (Å²) in [6.07, 6.45) is 6.33. The van der Waals surface area contributed by atoms with E-state index < -0.39 is 0 Å². The van der Waals surface area contributed by atoms with Gasteiger partial charge in [-0.3, -0.25) is 0 Å². The Morgan fingerprint density at radius 3 is 2.69 bits per heavy atom. The highest BCUT2D eigenvalue weighted by atomic mass is 35.5. The van der Waals surface area contributed by atoms with Crippen LogP contribution in [0.4, 0.5) is 0 Å². The molecular formula is C13H14ClNO. The molecule has 1 aliphatic carbocycles. The third kappa shape index (κ3) is 2.68. The third-order valence-electron chi connectivity index (χ3n) is 2.91. The number of nitriles is 1. The molecule has 0 spiro atoms. The van der Waals surface area contributed by atoms with Crippen molar-refractivity contribution in [2.24, 2.45) is 0 Å². The fraction of sp³-hybridized carbons (Fsp3) is 0.462. The second-order valence-electron chi connectivity index (χ2n) is 4.13. The first kappa shape index (κ1) is 11.3. The summed E-state index contributed by atoms with van der Waals surface area (Å²) >= 11 is 5.86. The van der Waals surface area contributed by atoms with Crippen molar-refractivity contribution in [2.75, 3.05) is 0 Å². The van der Waals surface area contributed by atoms with E-state index in [9.17, 15) is 0 Å². The summed E-state index contributed by atoms with van der Waals surface area (Å²) in [4.78, 5) is 0. The molecule has 2 rings (SSSR count). The van der Waals surface area contributed by atoms with Crippen molar-refractivity contribution < 1.29 is 4.74 Å². The van der Waals surface area contributed by atoms with Crippen LogP contribution in [0.15, 0.2) is 18.2 Å². The Balaban J connectivity index is 2.06. The minimum Gasteiger partial charge on any atom is -0.490 e. The van der Waals surface area contributed by atoms with Gasteiger partial charge in [0.25, 0.3) is 0 Å². The molecule has 0 saturated heterocycles. The van der Waals surface area contributed by atoms with Crippen LogP contribution in [0.3, 0.4) is 0 Å². The van der Waals surface area contributed by atoms with Crippen LogP contribution in [0.5, 0.6) is 5.75 Å². The summed E-state index contributed by atoms with van der Waals surface area (Å²) in [7, 11) is 0. The average Bonchev–Trinajstić information content (AvgIpc) is 2.33. The fourth-order valence-corrected chi connectivity index (χ4v) is 2.20. The minimum absolute atomic E-state index is 0.307. The Bertz CT molecular complexity index is 405. The molecule has 1 aliphatic rings. The normalized spacial score (nSPS) is 16.8. The van der Waals surface area contributed by atoms with Gasteiger partial charge < -0.3 is 4.74 Å². The number of ether oxygens (including phenoxy) is 1. The lowest BCUT2D eigenvalue weighted by Gasteiger charge is -2.23. The second-order valence-corrected chi connectivity index (χ2v) is 4.54. The molecule has 0 aromatic heterocycles. The standard InChI is InChI=1S/C13H14ClNO/c14-13-7-6-12(8-10(13)9-15)16-11-4-2-1-3-5-11/h6-8,11H,1-5H2. The van der Waals surface area contributed by atoms with Crippen LogP contribution < -0.4 is 4.74 Å². The molecule has 0 bridgehead atoms. The summed E-state index contributed by atoms with van der Waals surface area (Å²) in [6, 6.07) is 7.33. The smallest absolute Gasteiger partial charge is 0.121 e. The Morgan fingerprint density at radius 2 is 2.00 bits per heavy atom. The fourth-order valence-electron chi connectivity index (χ4n) is 2.04. The number of rotatable bonds is 2. The molecule has 0 N–H and O–H groups in total. The zero-order valence-electron chi connectivity index (χ0n) is 9.08. The molecule has 0 aliphatic heterocycles. The second kappa shape index (κ2) is 5.23. The van der Waals surface area contributed by atoms with E-state index in [-0.39, 0.29) is 0 Å². The van der Waals surface area contributed by atoms with E-state index in [1.807, 2.05) is 6.07 Å². The van der Waals surface area contributed by atoms with Crippen molar-refractivity contribution in [2.45, 2.75) is 38.2 Å². The highest BCUT2D eigenvalue weighted by molar-refractivity contribution is 6.31. The lowest BCUT2D eigenvalue weighted by atomic mass is 9.98. The van der Waals surface area contributed by atoms with Crippen LogP contribution in [0.1, 0.15) is 37.7 Å². The largest absolute Gasteiger partial charge is 0.490 e. The van der Waals surface area contributed by atoms with Gasteiger partial charge in [-0.2, -0.15) is 5.26 Å². The van der Waals surface area contributed by atoms with E-state index in [4.69, 9.17) is 21.6 Å². The van der Waals surface area contributed by atoms with Crippen molar-refractivity contribution in [1.29, 1.82) is 5.26 Å². The molecule has 2 nitrogen and oxygen atoms in total. The first-order valence-corrected chi connectivity index (χ1v) is 6.03. The molecular weight excluding hydrogens is 222 g/mol. The van der Waals surface area contributed by atoms with Crippen molar-refractivity contribution in [1.82, 2.24) is 0 Å². The zero-order valence-corrected chi connectivity index (χ0v) is 9.83. The highest BCUT2D eigenvalue weighted by Gasteiger charge is 2.15. The average molecular weight is 236 g/mol. The molecule has 1 aromatic carbocycles. The van der Waals surface area contributed by atoms with Gasteiger partial charge in [0.1, 0.15) is 11.8 Å². The van der Waals surface area contributed by atoms with Crippen molar-refractivity contribution in [3.05, 3.63) is 28.8 Å². The Labute approximate surface area is 101 Å². The highest BCUT2D eigenvalue weighted by Crippen LogP contribution is 2.26. The molecule has 0 unspecified atom stereocenters. The Hall–Kier alpha value is -1.20. The van der Waals surface area contributed by atoms with E-state index in [2.05, 4.69) is 6.07 Å². The first-order chi connectivity index (χ1) is 7.79. The van der Waals surface area contributed by atoms with E-state index >= 15 is 0 Å². The van der Waals surface area contributed by atoms with Gasteiger partial charge in [-0.15, -0.1) is 0 Å². The lowest BCUT2D eigenvalue weighted by molar-refractivity contribution is 0.155. The maximum Gasteiger partial charge on any atom is 0.121 e. The van der Waals surface area contributed by atoms with Gasteiger partial charge in [0.2, 0.25) is 0 Å². The van der Waals surface area contributed by atoms with Crippen LogP contribution in [0, 0.1) is 11.3 Å². The lowest BCUT2D eigenvalue weighted by Crippen LogP contribution is -2.19. The number of hydrogen-bond donors (Lipinski definition) is 0. The molecule has 1 saturated carbocycles. The van der Waals surface area contributed by atoms with E-state index in [1.54, 1.807) is 12.1 Å². The SMILES string of the molecule is N#Cc1cc(OC2CCCCC2)ccc1Cl. The van der Waals surface area contributed by atoms with Crippen LogP contribution >= 0.6 is 11.6 Å². The number of halogens is 1. The molecule has 16 heavy (non-hydrogen) atoms.